The van der Waals surface area contributed by atoms with Crippen LogP contribution in [-0.2, 0) is 16.0 Å². The number of aromatic nitrogens is 1. The van der Waals surface area contributed by atoms with Crippen LogP contribution in [-0.4, -0.2) is 35.0 Å². The van der Waals surface area contributed by atoms with Gasteiger partial charge in [-0.25, -0.2) is 0 Å². The maximum Gasteiger partial charge on any atom is 0.310 e. The van der Waals surface area contributed by atoms with E-state index in [9.17, 15) is 4.79 Å². The molecule has 0 saturated carbocycles. The van der Waals surface area contributed by atoms with Gasteiger partial charge in [0.25, 0.3) is 0 Å². The number of fused-ring (bicyclic) bond motifs is 4. The van der Waals surface area contributed by atoms with Crippen LogP contribution in [0.2, 0.25) is 5.02 Å². The van der Waals surface area contributed by atoms with Crippen molar-refractivity contribution in [3.05, 3.63) is 76.9 Å². The molecule has 5 atom stereocenters. The van der Waals surface area contributed by atoms with E-state index in [2.05, 4.69) is 22.9 Å². The van der Waals surface area contributed by atoms with Crippen LogP contribution < -0.4 is 0 Å². The zero-order chi connectivity index (χ0) is 22.1. The highest BCUT2D eigenvalue weighted by Crippen LogP contribution is 2.44. The van der Waals surface area contributed by atoms with Gasteiger partial charge in [0.05, 0.1) is 18.0 Å². The number of nitrogens with zero attached hydrogens (tertiary/aromatic N) is 2. The number of pyridine rings is 1. The van der Waals surface area contributed by atoms with Crippen molar-refractivity contribution in [3.63, 3.8) is 0 Å². The lowest BCUT2D eigenvalue weighted by Crippen LogP contribution is -2.55. The molecule has 1 aromatic heterocycles. The molecule has 2 bridgehead atoms. The fourth-order valence-corrected chi connectivity index (χ4v) is 5.86. The third-order valence-corrected chi connectivity index (χ3v) is 7.72. The Morgan fingerprint density at radius 1 is 1.19 bits per heavy atom. The average molecular weight is 449 g/mol. The first-order chi connectivity index (χ1) is 15.6. The standard InChI is InChI=1S/C27H29ClN2O2/c1-2-18-17-30-14-12-19(18)15-25(30)27(22-11-13-29-24-10-6-4-8-21(22)24)32-26(31)16-20-7-3-5-9-23(20)28/h3-11,13,18-19,25,27H,2,12,14-17H2,1H3/t18-,19+,25-,27+/m0/s1. The van der Waals surface area contributed by atoms with Crippen LogP contribution in [0.15, 0.2) is 60.8 Å². The topological polar surface area (TPSA) is 42.4 Å². The first-order valence-electron chi connectivity index (χ1n) is 11.6. The smallest absolute Gasteiger partial charge is 0.310 e. The predicted octanol–water partition coefficient (Wildman–Crippen LogP) is 5.84. The molecule has 5 heteroatoms. The highest BCUT2D eigenvalue weighted by molar-refractivity contribution is 6.31. The first-order valence-corrected chi connectivity index (χ1v) is 12.0. The molecule has 4 heterocycles. The summed E-state index contributed by atoms with van der Waals surface area (Å²) in [5.41, 5.74) is 2.78. The number of piperidine rings is 3. The summed E-state index contributed by atoms with van der Waals surface area (Å²) >= 11 is 6.31. The Bertz CT molecular complexity index is 1110. The molecular formula is C27H29ClN2O2. The lowest BCUT2D eigenvalue weighted by atomic mass is 9.72. The zero-order valence-corrected chi connectivity index (χ0v) is 19.2. The minimum atomic E-state index is -0.321. The summed E-state index contributed by atoms with van der Waals surface area (Å²) < 4.78 is 6.30. The van der Waals surface area contributed by atoms with Crippen molar-refractivity contribution in [1.29, 1.82) is 0 Å². The van der Waals surface area contributed by atoms with E-state index in [1.807, 2.05) is 54.7 Å². The molecule has 0 aliphatic carbocycles. The fraction of sp³-hybridized carbons (Fsp3) is 0.407. The van der Waals surface area contributed by atoms with Gasteiger partial charge in [-0.2, -0.15) is 0 Å². The number of para-hydroxylation sites is 1. The van der Waals surface area contributed by atoms with Crippen LogP contribution in [0.25, 0.3) is 10.9 Å². The number of ether oxygens (including phenoxy) is 1. The second kappa shape index (κ2) is 9.21. The Morgan fingerprint density at radius 2 is 2.00 bits per heavy atom. The molecule has 3 saturated heterocycles. The molecule has 3 aliphatic heterocycles. The lowest BCUT2D eigenvalue weighted by Gasteiger charge is -2.51. The SMILES string of the molecule is CC[C@H]1CN2CC[C@@H]1C[C@H]2[C@H](OC(=O)Cc1ccccc1Cl)c1ccnc2ccccc12. The van der Waals surface area contributed by atoms with Gasteiger partial charge in [0, 0.05) is 28.7 Å². The summed E-state index contributed by atoms with van der Waals surface area (Å²) in [6, 6.07) is 17.8. The summed E-state index contributed by atoms with van der Waals surface area (Å²) in [6.07, 6.45) is 5.21. The Labute approximate surface area is 194 Å². The molecule has 1 unspecified atom stereocenters. The number of esters is 1. The normalized spacial score (nSPS) is 25.6. The summed E-state index contributed by atoms with van der Waals surface area (Å²) in [7, 11) is 0. The van der Waals surface area contributed by atoms with Crippen LogP contribution in [0.3, 0.4) is 0 Å². The van der Waals surface area contributed by atoms with Crippen LogP contribution in [0, 0.1) is 11.8 Å². The van der Waals surface area contributed by atoms with Gasteiger partial charge < -0.3 is 4.74 Å². The molecule has 0 amide bonds. The third kappa shape index (κ3) is 4.14. The third-order valence-electron chi connectivity index (χ3n) is 7.35. The van der Waals surface area contributed by atoms with Gasteiger partial charge in [0.2, 0.25) is 0 Å². The first kappa shape index (κ1) is 21.4. The van der Waals surface area contributed by atoms with Gasteiger partial charge in [-0.3, -0.25) is 14.7 Å². The van der Waals surface area contributed by atoms with Gasteiger partial charge in [-0.15, -0.1) is 0 Å². The minimum Gasteiger partial charge on any atom is -0.456 e. The van der Waals surface area contributed by atoms with Gasteiger partial charge in [0.1, 0.15) is 6.10 Å². The number of rotatable bonds is 6. The van der Waals surface area contributed by atoms with Crippen molar-refractivity contribution < 1.29 is 9.53 Å². The van der Waals surface area contributed by atoms with Gasteiger partial charge in [0.15, 0.2) is 0 Å². The van der Waals surface area contributed by atoms with Crippen molar-refractivity contribution in [2.75, 3.05) is 13.1 Å². The molecule has 0 radical (unpaired) electrons. The monoisotopic (exact) mass is 448 g/mol. The number of hydrogen-bond acceptors (Lipinski definition) is 4. The maximum atomic E-state index is 13.1. The molecule has 0 spiro atoms. The molecule has 3 fully saturated rings. The summed E-state index contributed by atoms with van der Waals surface area (Å²) in [6.45, 7) is 4.46. The maximum absolute atomic E-state index is 13.1. The number of halogens is 1. The molecule has 6 rings (SSSR count). The van der Waals surface area contributed by atoms with Crippen molar-refractivity contribution >= 4 is 28.5 Å². The molecule has 166 valence electrons. The molecular weight excluding hydrogens is 420 g/mol. The van der Waals surface area contributed by atoms with E-state index >= 15 is 0 Å². The van der Waals surface area contributed by atoms with Gasteiger partial charge in [-0.1, -0.05) is 61.3 Å². The van der Waals surface area contributed by atoms with E-state index < -0.39 is 0 Å². The highest BCUT2D eigenvalue weighted by atomic mass is 35.5. The Hall–Kier alpha value is -2.43. The lowest BCUT2D eigenvalue weighted by molar-refractivity contribution is -0.157. The van der Waals surface area contributed by atoms with E-state index in [1.165, 1.54) is 12.8 Å². The van der Waals surface area contributed by atoms with Crippen LogP contribution in [0.4, 0.5) is 0 Å². The minimum absolute atomic E-state index is 0.174. The number of carbonyl (C=O) groups is 1. The number of hydrogen-bond donors (Lipinski definition) is 0. The highest BCUT2D eigenvalue weighted by Gasteiger charge is 2.44. The largest absolute Gasteiger partial charge is 0.456 e. The summed E-state index contributed by atoms with van der Waals surface area (Å²) in [5.74, 6) is 1.21. The number of benzene rings is 2. The fourth-order valence-electron chi connectivity index (χ4n) is 5.65. The molecule has 4 nitrogen and oxygen atoms in total. The van der Waals surface area contributed by atoms with E-state index in [4.69, 9.17) is 16.3 Å². The van der Waals surface area contributed by atoms with Crippen molar-refractivity contribution in [2.24, 2.45) is 11.8 Å². The second-order valence-corrected chi connectivity index (χ2v) is 9.52. The Kier molecular flexibility index (Phi) is 6.16. The molecule has 3 aliphatic rings. The average Bonchev–Trinajstić information content (AvgIpc) is 2.84. The van der Waals surface area contributed by atoms with E-state index in [-0.39, 0.29) is 24.5 Å². The Morgan fingerprint density at radius 3 is 2.78 bits per heavy atom. The van der Waals surface area contributed by atoms with Crippen molar-refractivity contribution in [2.45, 2.75) is 44.8 Å². The van der Waals surface area contributed by atoms with E-state index in [0.29, 0.717) is 10.9 Å². The quantitative estimate of drug-likeness (QED) is 0.444. The van der Waals surface area contributed by atoms with E-state index in [1.54, 1.807) is 0 Å². The zero-order valence-electron chi connectivity index (χ0n) is 18.4. The molecule has 32 heavy (non-hydrogen) atoms. The van der Waals surface area contributed by atoms with Crippen molar-refractivity contribution in [1.82, 2.24) is 9.88 Å². The van der Waals surface area contributed by atoms with Crippen LogP contribution in [0.1, 0.15) is 43.4 Å². The Balaban J connectivity index is 1.48. The molecule has 2 aromatic carbocycles. The summed E-state index contributed by atoms with van der Waals surface area (Å²) in [5, 5.41) is 1.65. The van der Waals surface area contributed by atoms with Crippen LogP contribution >= 0.6 is 11.6 Å². The predicted molar refractivity (Wildman–Crippen MR) is 128 cm³/mol. The van der Waals surface area contributed by atoms with Crippen LogP contribution in [0.5, 0.6) is 0 Å². The van der Waals surface area contributed by atoms with Crippen molar-refractivity contribution in [3.8, 4) is 0 Å². The van der Waals surface area contributed by atoms with E-state index in [0.717, 1.165) is 47.5 Å². The molecule has 0 N–H and O–H groups in total. The summed E-state index contributed by atoms with van der Waals surface area (Å²) in [4.78, 5) is 20.2. The molecule has 3 aromatic rings. The van der Waals surface area contributed by atoms with Gasteiger partial charge >= 0.3 is 5.97 Å². The second-order valence-electron chi connectivity index (χ2n) is 9.11. The van der Waals surface area contributed by atoms with Gasteiger partial charge in [-0.05, 0) is 55.0 Å². The number of carbonyl (C=O) groups excluding carboxylic acids is 1.